The van der Waals surface area contributed by atoms with Gasteiger partial charge in [-0.3, -0.25) is 4.79 Å². The van der Waals surface area contributed by atoms with Crippen LogP contribution in [0.25, 0.3) is 0 Å². The van der Waals surface area contributed by atoms with E-state index >= 15 is 0 Å². The Labute approximate surface area is 229 Å². The van der Waals surface area contributed by atoms with Crippen molar-refractivity contribution in [2.45, 2.75) is 58.3 Å². The molecule has 0 aromatic rings. The van der Waals surface area contributed by atoms with Gasteiger partial charge in [0, 0.05) is 45.8 Å². The molecule has 30 heavy (non-hydrogen) atoms. The molecule has 1 aliphatic rings. The molecule has 1 heterocycles. The zero-order chi connectivity index (χ0) is 20.3. The molecule has 0 N–H and O–H groups in total. The van der Waals surface area contributed by atoms with E-state index in [4.69, 9.17) is 14.2 Å². The molecule has 0 atom stereocenters. The number of amides is 1. The van der Waals surface area contributed by atoms with Gasteiger partial charge in [0.05, 0.1) is 26.4 Å². The van der Waals surface area contributed by atoms with Crippen molar-refractivity contribution in [1.82, 2.24) is 9.80 Å². The summed E-state index contributed by atoms with van der Waals surface area (Å²) in [5, 5.41) is 0. The van der Waals surface area contributed by atoms with Crippen LogP contribution < -0.4 is 51.4 Å². The number of likely N-dealkylation sites (N-methyl/N-ethyl adjacent to an activating group) is 1. The smallest absolute Gasteiger partial charge is 0.379 e. The summed E-state index contributed by atoms with van der Waals surface area (Å²) < 4.78 is 16.6. The molecule has 6 nitrogen and oxygen atoms in total. The first-order valence-corrected chi connectivity index (χ1v) is 11.3. The summed E-state index contributed by atoms with van der Waals surface area (Å²) >= 11 is 0. The molecule has 1 aliphatic heterocycles. The van der Waals surface area contributed by atoms with E-state index in [9.17, 15) is 4.79 Å². The van der Waals surface area contributed by atoms with Crippen molar-refractivity contribution in [1.29, 1.82) is 0 Å². The molecule has 0 spiro atoms. The molecule has 0 aromatic heterocycles. The Morgan fingerprint density at radius 2 is 1.27 bits per heavy atom. The molecule has 0 unspecified atom stereocenters. The Balaban J connectivity index is 0. The number of unbranched alkanes of at least 4 members (excludes halogenated alkanes) is 5. The number of piperazine rings is 1. The number of hydrogen-bond donors (Lipinski definition) is 0. The van der Waals surface area contributed by atoms with Crippen molar-refractivity contribution in [3.05, 3.63) is 14.4 Å². The third-order valence-corrected chi connectivity index (χ3v) is 5.13. The van der Waals surface area contributed by atoms with Gasteiger partial charge in [-0.1, -0.05) is 26.2 Å². The van der Waals surface area contributed by atoms with Gasteiger partial charge in [-0.15, -0.1) is 0 Å². The van der Waals surface area contributed by atoms with Gasteiger partial charge in [0.1, 0.15) is 0 Å². The Kier molecular flexibility index (Phi) is 27.1. The SMILES string of the molecule is [CH2-]CCCCCOCCOCCOCCCCCC(=O)N1CCN(CC)CC1.[CH3-].[K+]. The number of nitrogens with zero attached hydrogens (tertiary/aromatic N) is 2. The number of hydrogen-bond acceptors (Lipinski definition) is 5. The minimum Gasteiger partial charge on any atom is -0.379 e. The maximum atomic E-state index is 12.2. The van der Waals surface area contributed by atoms with Crippen LogP contribution in [-0.2, 0) is 19.0 Å². The van der Waals surface area contributed by atoms with Gasteiger partial charge in [-0.2, -0.15) is 6.42 Å². The van der Waals surface area contributed by atoms with E-state index in [0.29, 0.717) is 38.8 Å². The fourth-order valence-corrected chi connectivity index (χ4v) is 3.23. The number of carbonyl (C=O) groups excluding carboxylic acids is 1. The van der Waals surface area contributed by atoms with Crippen LogP contribution in [-0.4, -0.2) is 88.1 Å². The molecule has 7 heteroatoms. The molecule has 0 saturated carbocycles. The van der Waals surface area contributed by atoms with Gasteiger partial charge >= 0.3 is 51.4 Å². The summed E-state index contributed by atoms with van der Waals surface area (Å²) in [5.41, 5.74) is 0. The van der Waals surface area contributed by atoms with Gasteiger partial charge < -0.3 is 38.4 Å². The van der Waals surface area contributed by atoms with Gasteiger partial charge in [0.2, 0.25) is 5.91 Å². The zero-order valence-corrected chi connectivity index (χ0v) is 23.3. The molecular weight excluding hydrogens is 407 g/mol. The predicted octanol–water partition coefficient (Wildman–Crippen LogP) is 0.609. The van der Waals surface area contributed by atoms with E-state index in [-0.39, 0.29) is 58.8 Å². The summed E-state index contributed by atoms with van der Waals surface area (Å²) in [7, 11) is 0. The quantitative estimate of drug-likeness (QED) is 0.173. The van der Waals surface area contributed by atoms with E-state index in [1.165, 1.54) is 12.8 Å². The second kappa shape index (κ2) is 24.6. The van der Waals surface area contributed by atoms with Crippen LogP contribution in [0.2, 0.25) is 0 Å². The molecule has 1 saturated heterocycles. The first-order valence-electron chi connectivity index (χ1n) is 11.3. The van der Waals surface area contributed by atoms with Crippen LogP contribution >= 0.6 is 0 Å². The standard InChI is InChI=1S/C22H43N2O4.CH3.K/c1-3-5-6-9-16-26-18-20-28-21-19-27-17-10-7-8-11-22(25)24-14-12-23(4-2)13-15-24;;/h1,3-21H2,2H3;1H3;/q2*-1;+1. The molecule has 0 bridgehead atoms. The molecule has 0 aliphatic carbocycles. The van der Waals surface area contributed by atoms with E-state index in [2.05, 4.69) is 18.7 Å². The van der Waals surface area contributed by atoms with E-state index in [0.717, 1.165) is 78.0 Å². The molecule has 174 valence electrons. The topological polar surface area (TPSA) is 51.2 Å². The van der Waals surface area contributed by atoms with E-state index < -0.39 is 0 Å². The van der Waals surface area contributed by atoms with Gasteiger partial charge in [0.15, 0.2) is 0 Å². The van der Waals surface area contributed by atoms with Crippen molar-refractivity contribution in [3.8, 4) is 0 Å². The first-order chi connectivity index (χ1) is 13.8. The summed E-state index contributed by atoms with van der Waals surface area (Å²) in [4.78, 5) is 16.6. The summed E-state index contributed by atoms with van der Waals surface area (Å²) in [6.07, 6.45) is 8.18. The summed E-state index contributed by atoms with van der Waals surface area (Å²) in [6, 6.07) is 0. The van der Waals surface area contributed by atoms with Gasteiger partial charge in [-0.25, -0.2) is 0 Å². The largest absolute Gasteiger partial charge is 1.00 e. The summed E-state index contributed by atoms with van der Waals surface area (Å²) in [6.45, 7) is 15.0. The fraction of sp³-hybridized carbons (Fsp3) is 0.870. The number of ether oxygens (including phenoxy) is 3. The first kappa shape index (κ1) is 33.1. The van der Waals surface area contributed by atoms with Crippen LogP contribution in [0.4, 0.5) is 0 Å². The Morgan fingerprint density at radius 3 is 1.77 bits per heavy atom. The summed E-state index contributed by atoms with van der Waals surface area (Å²) in [5.74, 6) is 0.315. The van der Waals surface area contributed by atoms with Crippen molar-refractivity contribution < 1.29 is 70.4 Å². The minimum atomic E-state index is 0. The van der Waals surface area contributed by atoms with Crippen LogP contribution in [0, 0.1) is 14.4 Å². The molecular formula is C23H46KN2O4-. The number of rotatable bonds is 18. The maximum absolute atomic E-state index is 12.2. The zero-order valence-electron chi connectivity index (χ0n) is 20.2. The van der Waals surface area contributed by atoms with Crippen molar-refractivity contribution in [3.63, 3.8) is 0 Å². The monoisotopic (exact) mass is 453 g/mol. The van der Waals surface area contributed by atoms with Crippen LogP contribution in [0.15, 0.2) is 0 Å². The van der Waals surface area contributed by atoms with E-state index in [1.807, 2.05) is 4.90 Å². The van der Waals surface area contributed by atoms with Crippen LogP contribution in [0.5, 0.6) is 0 Å². The van der Waals surface area contributed by atoms with E-state index in [1.54, 1.807) is 0 Å². The maximum Gasteiger partial charge on any atom is 1.00 e. The molecule has 1 fully saturated rings. The normalized spacial score (nSPS) is 14.3. The van der Waals surface area contributed by atoms with Crippen molar-refractivity contribution in [2.24, 2.45) is 0 Å². The second-order valence-corrected chi connectivity index (χ2v) is 7.38. The minimum absolute atomic E-state index is 0. The predicted molar refractivity (Wildman–Crippen MR) is 120 cm³/mol. The van der Waals surface area contributed by atoms with Gasteiger partial charge in [0.25, 0.3) is 0 Å². The molecule has 1 rings (SSSR count). The number of carbonyl (C=O) groups is 1. The molecule has 0 aromatic carbocycles. The Hall–Kier alpha value is 0.946. The average molecular weight is 454 g/mol. The third-order valence-electron chi connectivity index (χ3n) is 5.13. The van der Waals surface area contributed by atoms with Crippen LogP contribution in [0.3, 0.4) is 0 Å². The van der Waals surface area contributed by atoms with Crippen molar-refractivity contribution in [2.75, 3.05) is 72.4 Å². The third kappa shape index (κ3) is 18.5. The van der Waals surface area contributed by atoms with Gasteiger partial charge in [-0.05, 0) is 25.8 Å². The molecule has 1 amide bonds. The average Bonchev–Trinajstić information content (AvgIpc) is 2.73. The second-order valence-electron chi connectivity index (χ2n) is 7.38. The Bertz CT molecular complexity index is 367. The van der Waals surface area contributed by atoms with Crippen molar-refractivity contribution >= 4 is 5.91 Å². The molecule has 0 radical (unpaired) electrons. The Morgan fingerprint density at radius 1 is 0.767 bits per heavy atom. The fourth-order valence-electron chi connectivity index (χ4n) is 3.23. The van der Waals surface area contributed by atoms with Crippen LogP contribution in [0.1, 0.15) is 58.3 Å².